The molecule has 2 aliphatic heterocycles. The zero-order chi connectivity index (χ0) is 27.8. The number of carbonyl (C=O) groups is 2. The van der Waals surface area contributed by atoms with Crippen LogP contribution in [-0.4, -0.2) is 29.3 Å². The first-order valence-corrected chi connectivity index (χ1v) is 15.4. The number of fused-ring (bicyclic) bond motifs is 6. The second-order valence-electron chi connectivity index (χ2n) is 12.6. The van der Waals surface area contributed by atoms with Gasteiger partial charge in [-0.2, -0.15) is 0 Å². The van der Waals surface area contributed by atoms with Crippen LogP contribution >= 0.6 is 0 Å². The van der Waals surface area contributed by atoms with Crippen LogP contribution in [-0.2, 0) is 0 Å². The van der Waals surface area contributed by atoms with E-state index in [2.05, 4.69) is 71.0 Å². The summed E-state index contributed by atoms with van der Waals surface area (Å²) < 4.78 is 0. The molecule has 40 heavy (non-hydrogen) atoms. The maximum Gasteiger partial charge on any atom is 0.315 e. The molecule has 1 saturated carbocycles. The van der Waals surface area contributed by atoms with Crippen molar-refractivity contribution in [3.63, 3.8) is 0 Å². The van der Waals surface area contributed by atoms with Gasteiger partial charge in [-0.3, -0.25) is 9.69 Å². The van der Waals surface area contributed by atoms with Gasteiger partial charge in [0.1, 0.15) is 0 Å². The van der Waals surface area contributed by atoms with Gasteiger partial charge in [0, 0.05) is 29.6 Å². The van der Waals surface area contributed by atoms with Crippen molar-refractivity contribution >= 4 is 22.6 Å². The molecule has 5 nitrogen and oxygen atoms in total. The lowest BCUT2D eigenvalue weighted by atomic mass is 9.84. The van der Waals surface area contributed by atoms with E-state index in [0.717, 1.165) is 36.4 Å². The van der Waals surface area contributed by atoms with Crippen LogP contribution in [0.3, 0.4) is 0 Å². The Morgan fingerprint density at radius 1 is 0.850 bits per heavy atom. The van der Waals surface area contributed by atoms with E-state index in [-0.39, 0.29) is 29.8 Å². The van der Waals surface area contributed by atoms with Gasteiger partial charge in [-0.25, -0.2) is 4.79 Å². The molecule has 0 aromatic heterocycles. The van der Waals surface area contributed by atoms with Gasteiger partial charge in [-0.05, 0) is 97.9 Å². The first-order chi connectivity index (χ1) is 19.4. The molecular formula is C35H43N3O2. The van der Waals surface area contributed by atoms with E-state index in [1.165, 1.54) is 54.0 Å². The van der Waals surface area contributed by atoms with E-state index in [0.29, 0.717) is 12.1 Å². The fourth-order valence-corrected chi connectivity index (χ4v) is 7.55. The number of hydrogen-bond donors (Lipinski definition) is 2. The molecule has 2 N–H and O–H groups in total. The average Bonchev–Trinajstić information content (AvgIpc) is 3.51. The van der Waals surface area contributed by atoms with Crippen LogP contribution in [0, 0.1) is 11.8 Å². The molecule has 2 fully saturated rings. The first kappa shape index (κ1) is 27.0. The van der Waals surface area contributed by atoms with Crippen LogP contribution < -0.4 is 10.6 Å². The largest absolute Gasteiger partial charge is 0.335 e. The number of carbonyl (C=O) groups excluding carboxylic acids is 2. The average molecular weight is 538 g/mol. The quantitative estimate of drug-likeness (QED) is 0.287. The Bertz CT molecular complexity index is 1390. The van der Waals surface area contributed by atoms with Gasteiger partial charge < -0.3 is 10.6 Å². The van der Waals surface area contributed by atoms with Gasteiger partial charge in [0.25, 0.3) is 0 Å². The van der Waals surface area contributed by atoms with Gasteiger partial charge in [0.05, 0.1) is 6.04 Å². The van der Waals surface area contributed by atoms with Crippen LogP contribution in [0.1, 0.15) is 111 Å². The molecule has 3 aromatic carbocycles. The molecule has 2 amide bonds. The van der Waals surface area contributed by atoms with Crippen molar-refractivity contribution in [2.24, 2.45) is 11.8 Å². The molecule has 0 spiro atoms. The molecule has 1 saturated heterocycles. The number of nitrogens with one attached hydrogen (secondary N) is 2. The van der Waals surface area contributed by atoms with Crippen LogP contribution in [0.2, 0.25) is 0 Å². The molecule has 2 heterocycles. The van der Waals surface area contributed by atoms with Crippen molar-refractivity contribution < 1.29 is 9.59 Å². The summed E-state index contributed by atoms with van der Waals surface area (Å²) in [4.78, 5) is 28.1. The predicted octanol–water partition coefficient (Wildman–Crippen LogP) is 7.88. The monoisotopic (exact) mass is 537 g/mol. The number of urea groups is 1. The molecule has 5 heteroatoms. The van der Waals surface area contributed by atoms with Crippen molar-refractivity contribution in [1.29, 1.82) is 0 Å². The number of Topliss-reactive ketones (excluding diaryl/α,β-unsaturated/α-hetero) is 1. The lowest BCUT2D eigenvalue weighted by molar-refractivity contribution is 0.0939. The van der Waals surface area contributed by atoms with Gasteiger partial charge in [-0.1, -0.05) is 68.4 Å². The molecule has 3 aliphatic rings. The summed E-state index contributed by atoms with van der Waals surface area (Å²) in [5.41, 5.74) is 4.88. The minimum Gasteiger partial charge on any atom is -0.335 e. The van der Waals surface area contributed by atoms with Crippen molar-refractivity contribution in [2.75, 3.05) is 6.54 Å². The van der Waals surface area contributed by atoms with E-state index < -0.39 is 0 Å². The van der Waals surface area contributed by atoms with E-state index in [1.807, 2.05) is 26.0 Å². The number of amides is 2. The normalized spacial score (nSPS) is 24.7. The molecular weight excluding hydrogens is 494 g/mol. The second-order valence-corrected chi connectivity index (χ2v) is 12.6. The molecule has 3 aromatic rings. The van der Waals surface area contributed by atoms with Crippen molar-refractivity contribution in [3.8, 4) is 0 Å². The van der Waals surface area contributed by atoms with Crippen LogP contribution in [0.25, 0.3) is 10.8 Å². The Kier molecular flexibility index (Phi) is 7.67. The molecule has 2 bridgehead atoms. The molecule has 210 valence electrons. The van der Waals surface area contributed by atoms with Crippen LogP contribution in [0.5, 0.6) is 0 Å². The van der Waals surface area contributed by atoms with E-state index in [9.17, 15) is 9.59 Å². The molecule has 3 atom stereocenters. The van der Waals surface area contributed by atoms with Crippen molar-refractivity contribution in [2.45, 2.75) is 89.9 Å². The summed E-state index contributed by atoms with van der Waals surface area (Å²) in [5, 5.41) is 8.82. The standard InChI is InChI=1S/C35H43N3O2/c1-22(2)34(39)26-13-16-30-31(21-26)33-18-17-32(30)38(33)20-19-24-11-14-27(15-12-24)37-35(40)36-23(3)28-10-6-8-25-7-4-5-9-29(25)28/h4-10,13,16,21-24,27,32-33H,11-12,14-15,17-20H2,1-3H3,(H2,36,37,40)/t23-,24?,27?,32+,33-/m1/s1. The Labute approximate surface area is 238 Å². The summed E-state index contributed by atoms with van der Waals surface area (Å²) in [6.07, 6.45) is 8.11. The minimum atomic E-state index is -0.0643. The number of benzene rings is 3. The summed E-state index contributed by atoms with van der Waals surface area (Å²) in [5.74, 6) is 1.01. The highest BCUT2D eigenvalue weighted by molar-refractivity contribution is 5.97. The summed E-state index contributed by atoms with van der Waals surface area (Å²) in [6, 6.07) is 22.2. The number of hydrogen-bond acceptors (Lipinski definition) is 3. The number of ketones is 1. The van der Waals surface area contributed by atoms with Gasteiger partial charge in [-0.15, -0.1) is 0 Å². The smallest absolute Gasteiger partial charge is 0.315 e. The SMILES string of the molecule is CC(C)C(=O)c1ccc2c(c1)[C@H]1CC[C@@H]2N1CCC1CCC(NC(=O)N[C@H](C)c2cccc3ccccc23)CC1. The zero-order valence-corrected chi connectivity index (χ0v) is 24.2. The maximum absolute atomic E-state index is 12.9. The highest BCUT2D eigenvalue weighted by Crippen LogP contribution is 2.53. The third-order valence-electron chi connectivity index (χ3n) is 9.74. The Balaban J connectivity index is 0.974. The predicted molar refractivity (Wildman–Crippen MR) is 161 cm³/mol. The number of nitrogens with zero attached hydrogens (tertiary/aromatic N) is 1. The van der Waals surface area contributed by atoms with E-state index in [1.54, 1.807) is 0 Å². The highest BCUT2D eigenvalue weighted by Gasteiger charge is 2.43. The third-order valence-corrected chi connectivity index (χ3v) is 9.74. The van der Waals surface area contributed by atoms with Crippen molar-refractivity contribution in [3.05, 3.63) is 82.9 Å². The van der Waals surface area contributed by atoms with Crippen LogP contribution in [0.4, 0.5) is 4.79 Å². The highest BCUT2D eigenvalue weighted by atomic mass is 16.2. The fourth-order valence-electron chi connectivity index (χ4n) is 7.55. The molecule has 0 radical (unpaired) electrons. The molecule has 6 rings (SSSR count). The second kappa shape index (κ2) is 11.4. The third kappa shape index (κ3) is 5.28. The molecule has 0 unspecified atom stereocenters. The number of rotatable bonds is 8. The van der Waals surface area contributed by atoms with Gasteiger partial charge in [0.2, 0.25) is 0 Å². The summed E-state index contributed by atoms with van der Waals surface area (Å²) >= 11 is 0. The minimum absolute atomic E-state index is 0.0380. The van der Waals surface area contributed by atoms with Crippen molar-refractivity contribution in [1.82, 2.24) is 15.5 Å². The lowest BCUT2D eigenvalue weighted by Crippen LogP contribution is -2.44. The van der Waals surface area contributed by atoms with Gasteiger partial charge >= 0.3 is 6.03 Å². The zero-order valence-electron chi connectivity index (χ0n) is 24.2. The van der Waals surface area contributed by atoms with E-state index in [4.69, 9.17) is 0 Å². The van der Waals surface area contributed by atoms with Gasteiger partial charge in [0.15, 0.2) is 5.78 Å². The lowest BCUT2D eigenvalue weighted by Gasteiger charge is -2.31. The summed E-state index contributed by atoms with van der Waals surface area (Å²) in [7, 11) is 0. The first-order valence-electron chi connectivity index (χ1n) is 15.4. The Morgan fingerprint density at radius 3 is 2.35 bits per heavy atom. The topological polar surface area (TPSA) is 61.4 Å². The summed E-state index contributed by atoms with van der Waals surface area (Å²) in [6.45, 7) is 7.16. The van der Waals surface area contributed by atoms with E-state index >= 15 is 0 Å². The fraction of sp³-hybridized carbons (Fsp3) is 0.486. The van der Waals surface area contributed by atoms with Crippen LogP contribution in [0.15, 0.2) is 60.7 Å². The molecule has 1 aliphatic carbocycles. The Hall–Kier alpha value is -3.18. The maximum atomic E-state index is 12.9. The Morgan fingerprint density at radius 2 is 1.57 bits per heavy atom.